The van der Waals surface area contributed by atoms with Crippen LogP contribution >= 0.6 is 0 Å². The average Bonchev–Trinajstić information content (AvgIpc) is 2.71. The average molecular weight is 399 g/mol. The van der Waals surface area contributed by atoms with Gasteiger partial charge in [-0.25, -0.2) is 0 Å². The molecular weight excluding hydrogens is 370 g/mol. The second-order valence-electron chi connectivity index (χ2n) is 6.85. The Kier molecular flexibility index (Phi) is 8.33. The highest BCUT2D eigenvalue weighted by atomic mass is 16.5. The summed E-state index contributed by atoms with van der Waals surface area (Å²) in [7, 11) is 3.19. The SMILES string of the molecule is COc1ccc(CCNC(=O)CNc2cccc(C(=O)NC(C)C)c2)cc1OC. The molecule has 0 aliphatic carbocycles. The molecule has 2 amide bonds. The molecule has 156 valence electrons. The van der Waals surface area contributed by atoms with Crippen LogP contribution < -0.4 is 25.4 Å². The molecule has 0 saturated carbocycles. The Hall–Kier alpha value is -3.22. The van der Waals surface area contributed by atoms with Gasteiger partial charge in [0.05, 0.1) is 20.8 Å². The first-order valence-electron chi connectivity index (χ1n) is 9.55. The molecule has 3 N–H and O–H groups in total. The minimum atomic E-state index is -0.136. The molecule has 0 spiro atoms. The molecule has 0 unspecified atom stereocenters. The second kappa shape index (κ2) is 10.9. The first-order chi connectivity index (χ1) is 13.9. The number of anilines is 1. The topological polar surface area (TPSA) is 88.7 Å². The fourth-order valence-corrected chi connectivity index (χ4v) is 2.74. The summed E-state index contributed by atoms with van der Waals surface area (Å²) in [5.41, 5.74) is 2.31. The summed E-state index contributed by atoms with van der Waals surface area (Å²) in [5.74, 6) is 1.08. The second-order valence-corrected chi connectivity index (χ2v) is 6.85. The van der Waals surface area contributed by atoms with Crippen LogP contribution in [-0.4, -0.2) is 45.2 Å². The number of rotatable bonds is 10. The fourth-order valence-electron chi connectivity index (χ4n) is 2.74. The van der Waals surface area contributed by atoms with E-state index in [0.717, 1.165) is 11.3 Å². The van der Waals surface area contributed by atoms with E-state index in [-0.39, 0.29) is 24.4 Å². The number of ether oxygens (including phenoxy) is 2. The molecule has 0 saturated heterocycles. The van der Waals surface area contributed by atoms with Crippen LogP contribution in [0.25, 0.3) is 0 Å². The number of benzene rings is 2. The number of nitrogens with one attached hydrogen (secondary N) is 3. The van der Waals surface area contributed by atoms with Crippen molar-refractivity contribution in [3.8, 4) is 11.5 Å². The maximum absolute atomic E-state index is 12.1. The van der Waals surface area contributed by atoms with Crippen LogP contribution in [0.2, 0.25) is 0 Å². The van der Waals surface area contributed by atoms with E-state index >= 15 is 0 Å². The van der Waals surface area contributed by atoms with Gasteiger partial charge in [-0.1, -0.05) is 12.1 Å². The lowest BCUT2D eigenvalue weighted by atomic mass is 10.1. The van der Waals surface area contributed by atoms with Crippen LogP contribution in [0.5, 0.6) is 11.5 Å². The molecule has 2 aromatic carbocycles. The van der Waals surface area contributed by atoms with E-state index in [1.54, 1.807) is 32.4 Å². The van der Waals surface area contributed by atoms with E-state index in [2.05, 4.69) is 16.0 Å². The van der Waals surface area contributed by atoms with Crippen molar-refractivity contribution in [2.75, 3.05) is 32.6 Å². The van der Waals surface area contributed by atoms with Gasteiger partial charge in [-0.05, 0) is 56.2 Å². The molecule has 0 aromatic heterocycles. The molecule has 0 atom stereocenters. The normalized spacial score (nSPS) is 10.4. The van der Waals surface area contributed by atoms with Crippen molar-refractivity contribution in [1.29, 1.82) is 0 Å². The lowest BCUT2D eigenvalue weighted by Gasteiger charge is -2.12. The summed E-state index contributed by atoms with van der Waals surface area (Å²) < 4.78 is 10.5. The Morgan fingerprint density at radius 1 is 1.00 bits per heavy atom. The molecule has 0 radical (unpaired) electrons. The number of methoxy groups -OCH3 is 2. The van der Waals surface area contributed by atoms with E-state index in [1.165, 1.54) is 0 Å². The van der Waals surface area contributed by atoms with Crippen LogP contribution in [0.4, 0.5) is 5.69 Å². The quantitative estimate of drug-likeness (QED) is 0.572. The van der Waals surface area contributed by atoms with Crippen molar-refractivity contribution in [3.63, 3.8) is 0 Å². The third-order valence-electron chi connectivity index (χ3n) is 4.18. The van der Waals surface area contributed by atoms with E-state index in [1.807, 2.05) is 38.1 Å². The molecule has 2 rings (SSSR count). The van der Waals surface area contributed by atoms with Crippen molar-refractivity contribution < 1.29 is 19.1 Å². The maximum atomic E-state index is 12.1. The van der Waals surface area contributed by atoms with Crippen LogP contribution in [-0.2, 0) is 11.2 Å². The largest absolute Gasteiger partial charge is 0.493 e. The Morgan fingerprint density at radius 3 is 2.45 bits per heavy atom. The van der Waals surface area contributed by atoms with Gasteiger partial charge in [-0.2, -0.15) is 0 Å². The Morgan fingerprint density at radius 2 is 1.76 bits per heavy atom. The summed E-state index contributed by atoms with van der Waals surface area (Å²) in [6.07, 6.45) is 0.678. The highest BCUT2D eigenvalue weighted by Gasteiger charge is 2.08. The minimum absolute atomic E-state index is 0.0653. The van der Waals surface area contributed by atoms with Crippen LogP contribution in [0.1, 0.15) is 29.8 Å². The summed E-state index contributed by atoms with van der Waals surface area (Å²) in [6, 6.07) is 12.8. The van der Waals surface area contributed by atoms with E-state index < -0.39 is 0 Å². The molecular formula is C22H29N3O4. The van der Waals surface area contributed by atoms with Crippen LogP contribution in [0.15, 0.2) is 42.5 Å². The molecule has 0 bridgehead atoms. The van der Waals surface area contributed by atoms with Gasteiger partial charge in [0, 0.05) is 23.8 Å². The Balaban J connectivity index is 1.80. The highest BCUT2D eigenvalue weighted by molar-refractivity contribution is 5.95. The molecule has 7 nitrogen and oxygen atoms in total. The Bertz CT molecular complexity index is 837. The molecule has 0 heterocycles. The van der Waals surface area contributed by atoms with Gasteiger partial charge < -0.3 is 25.4 Å². The summed E-state index contributed by atoms with van der Waals surface area (Å²) in [5, 5.41) is 8.77. The van der Waals surface area contributed by atoms with Gasteiger partial charge in [0.1, 0.15) is 0 Å². The summed E-state index contributed by atoms with van der Waals surface area (Å²) in [6.45, 7) is 4.45. The first-order valence-corrected chi connectivity index (χ1v) is 9.55. The van der Waals surface area contributed by atoms with Crippen molar-refractivity contribution >= 4 is 17.5 Å². The zero-order valence-corrected chi connectivity index (χ0v) is 17.4. The van der Waals surface area contributed by atoms with Gasteiger partial charge in [0.15, 0.2) is 11.5 Å². The van der Waals surface area contributed by atoms with Crippen molar-refractivity contribution in [1.82, 2.24) is 10.6 Å². The fraction of sp³-hybridized carbons (Fsp3) is 0.364. The van der Waals surface area contributed by atoms with Gasteiger partial charge in [0.25, 0.3) is 5.91 Å². The zero-order chi connectivity index (χ0) is 21.2. The highest BCUT2D eigenvalue weighted by Crippen LogP contribution is 2.27. The van der Waals surface area contributed by atoms with Crippen LogP contribution in [0, 0.1) is 0 Å². The molecule has 0 aliphatic heterocycles. The minimum Gasteiger partial charge on any atom is -0.493 e. The standard InChI is InChI=1S/C22H29N3O4/c1-15(2)25-22(27)17-6-5-7-18(13-17)24-14-21(26)23-11-10-16-8-9-19(28-3)20(12-16)29-4/h5-9,12-13,15,24H,10-11,14H2,1-4H3,(H,23,26)(H,25,27). The predicted octanol–water partition coefficient (Wildman–Crippen LogP) is 2.61. The van der Waals surface area contributed by atoms with Gasteiger partial charge >= 0.3 is 0 Å². The van der Waals surface area contributed by atoms with Crippen molar-refractivity contribution in [2.24, 2.45) is 0 Å². The lowest BCUT2D eigenvalue weighted by Crippen LogP contribution is -2.31. The summed E-state index contributed by atoms with van der Waals surface area (Å²) in [4.78, 5) is 24.2. The number of hydrogen-bond donors (Lipinski definition) is 3. The number of carbonyl (C=O) groups is 2. The van der Waals surface area contributed by atoms with Gasteiger partial charge in [-0.3, -0.25) is 9.59 Å². The van der Waals surface area contributed by atoms with E-state index in [4.69, 9.17) is 9.47 Å². The third kappa shape index (κ3) is 7.03. The number of amides is 2. The molecule has 29 heavy (non-hydrogen) atoms. The Labute approximate surface area is 171 Å². The molecule has 0 fully saturated rings. The van der Waals surface area contributed by atoms with Gasteiger partial charge in [0.2, 0.25) is 5.91 Å². The van der Waals surface area contributed by atoms with E-state index in [0.29, 0.717) is 30.0 Å². The monoisotopic (exact) mass is 399 g/mol. The maximum Gasteiger partial charge on any atom is 0.251 e. The van der Waals surface area contributed by atoms with Gasteiger partial charge in [-0.15, -0.1) is 0 Å². The molecule has 7 heteroatoms. The third-order valence-corrected chi connectivity index (χ3v) is 4.18. The lowest BCUT2D eigenvalue weighted by molar-refractivity contribution is -0.119. The summed E-state index contributed by atoms with van der Waals surface area (Å²) >= 11 is 0. The molecule has 0 aliphatic rings. The van der Waals surface area contributed by atoms with Crippen molar-refractivity contribution in [3.05, 3.63) is 53.6 Å². The predicted molar refractivity (Wildman–Crippen MR) is 114 cm³/mol. The smallest absolute Gasteiger partial charge is 0.251 e. The number of hydrogen-bond acceptors (Lipinski definition) is 5. The zero-order valence-electron chi connectivity index (χ0n) is 17.4. The molecule has 2 aromatic rings. The first kappa shape index (κ1) is 22.1. The van der Waals surface area contributed by atoms with E-state index in [9.17, 15) is 9.59 Å². The van der Waals surface area contributed by atoms with Crippen LogP contribution in [0.3, 0.4) is 0 Å². The van der Waals surface area contributed by atoms with Crippen molar-refractivity contribution in [2.45, 2.75) is 26.3 Å². The number of carbonyl (C=O) groups excluding carboxylic acids is 2.